The third kappa shape index (κ3) is 8.03. The predicted octanol–water partition coefficient (Wildman–Crippen LogP) is 2.64. The Balaban J connectivity index is 3.06. The molecule has 0 aromatic rings. The van der Waals surface area contributed by atoms with E-state index in [1.54, 1.807) is 14.2 Å². The van der Waals surface area contributed by atoms with Gasteiger partial charge in [-0.2, -0.15) is 0 Å². The van der Waals surface area contributed by atoms with Crippen molar-refractivity contribution in [3.8, 4) is 0 Å². The summed E-state index contributed by atoms with van der Waals surface area (Å²) in [6.07, 6.45) is 5.02. The second-order valence-corrected chi connectivity index (χ2v) is 7.11. The Morgan fingerprint density at radius 2 is 1.83 bits per heavy atom. The quantitative estimate of drug-likeness (QED) is 0.297. The second-order valence-electron chi connectivity index (χ2n) is 2.79. The van der Waals surface area contributed by atoms with Gasteiger partial charge in [-0.05, 0) is 12.8 Å². The van der Waals surface area contributed by atoms with Crippen LogP contribution in [0, 0.1) is 0 Å². The molecule has 70 valence electrons. The van der Waals surface area contributed by atoms with Crippen molar-refractivity contribution in [1.29, 1.82) is 0 Å². The third-order valence-electron chi connectivity index (χ3n) is 1.85. The van der Waals surface area contributed by atoms with Gasteiger partial charge in [0, 0.05) is 14.2 Å². The molecular weight excluding hydrogens is 279 g/mol. The average Bonchev–Trinajstić information content (AvgIpc) is 2.11. The lowest BCUT2D eigenvalue weighted by Gasteiger charge is -2.12. The van der Waals surface area contributed by atoms with E-state index in [2.05, 4.69) is 18.9 Å². The lowest BCUT2D eigenvalue weighted by atomic mass is 10.2. The highest BCUT2D eigenvalue weighted by Crippen LogP contribution is 2.08. The molecule has 0 aliphatic rings. The second kappa shape index (κ2) is 10.5. The summed E-state index contributed by atoms with van der Waals surface area (Å²) < 4.78 is 11.7. The minimum absolute atomic E-state index is 0.0156. The molecule has 0 bridgehead atoms. The molecule has 0 fully saturated rings. The maximum Gasteiger partial charge on any atom is 0.463 e. The van der Waals surface area contributed by atoms with Crippen molar-refractivity contribution in [3.05, 3.63) is 0 Å². The summed E-state index contributed by atoms with van der Waals surface area (Å²) >= 11 is 2.82. The topological polar surface area (TPSA) is 18.5 Å². The van der Waals surface area contributed by atoms with Crippen LogP contribution in [-0.2, 0) is 9.47 Å². The monoisotopic (exact) mass is 296 g/mol. The highest BCUT2D eigenvalue weighted by Gasteiger charge is 2.03. The van der Waals surface area contributed by atoms with Crippen LogP contribution in [0.3, 0.4) is 0 Å². The molecule has 0 aliphatic carbocycles. The van der Waals surface area contributed by atoms with Crippen LogP contribution in [0.1, 0.15) is 25.7 Å². The molecule has 0 aliphatic heterocycles. The summed E-state index contributed by atoms with van der Waals surface area (Å²) in [5.41, 5.74) is 0. The molecule has 0 atom stereocenters. The summed E-state index contributed by atoms with van der Waals surface area (Å²) in [6, 6.07) is 0. The van der Waals surface area contributed by atoms with Crippen molar-refractivity contribution in [2.45, 2.75) is 36.5 Å². The Kier molecular flexibility index (Phi) is 11.7. The van der Waals surface area contributed by atoms with E-state index in [9.17, 15) is 0 Å². The van der Waals surface area contributed by atoms with Gasteiger partial charge in [-0.15, -0.1) is 4.55 Å². The molecule has 0 aromatic heterocycles. The van der Waals surface area contributed by atoms with Gasteiger partial charge in [0.25, 0.3) is 0 Å². The molecule has 12 heavy (non-hydrogen) atoms. The van der Waals surface area contributed by atoms with Gasteiger partial charge < -0.3 is 28.3 Å². The van der Waals surface area contributed by atoms with Crippen molar-refractivity contribution in [1.82, 2.24) is 0 Å². The summed E-state index contributed by atoms with van der Waals surface area (Å²) in [6.45, 7) is 0. The molecule has 0 rings (SSSR count). The van der Waals surface area contributed by atoms with Gasteiger partial charge in [-0.1, -0.05) is 12.8 Å². The SMILES string of the molecule is COC(CCCC[CH2][Mg][I])OC. The van der Waals surface area contributed by atoms with Crippen molar-refractivity contribution in [2.75, 3.05) is 14.2 Å². The van der Waals surface area contributed by atoms with Crippen LogP contribution in [0.4, 0.5) is 0 Å². The number of methoxy groups -OCH3 is 2. The normalized spacial score (nSPS) is 10.3. The van der Waals surface area contributed by atoms with E-state index in [0.29, 0.717) is 0 Å². The molecule has 2 nitrogen and oxygen atoms in total. The van der Waals surface area contributed by atoms with Crippen molar-refractivity contribution in [2.24, 2.45) is 0 Å². The van der Waals surface area contributed by atoms with Crippen LogP contribution in [0.2, 0.25) is 4.55 Å². The fraction of sp³-hybridized carbons (Fsp3) is 1.00. The lowest BCUT2D eigenvalue weighted by molar-refractivity contribution is -0.107. The maximum absolute atomic E-state index is 5.09. The van der Waals surface area contributed by atoms with E-state index in [1.807, 2.05) is 0 Å². The average molecular weight is 296 g/mol. The van der Waals surface area contributed by atoms with Crippen molar-refractivity contribution < 1.29 is 9.47 Å². The van der Waals surface area contributed by atoms with E-state index in [-0.39, 0.29) is 22.8 Å². The van der Waals surface area contributed by atoms with E-state index in [0.717, 1.165) is 6.42 Å². The molecule has 0 heterocycles. The summed E-state index contributed by atoms with van der Waals surface area (Å²) in [5, 5.41) is 0. The molecule has 0 radical (unpaired) electrons. The third-order valence-corrected chi connectivity index (χ3v) is 4.90. The molecule has 0 saturated carbocycles. The highest BCUT2D eigenvalue weighted by atomic mass is 127. The first-order valence-electron chi connectivity index (χ1n) is 4.46. The zero-order valence-electron chi connectivity index (χ0n) is 8.01. The zero-order valence-corrected chi connectivity index (χ0v) is 11.6. The Morgan fingerprint density at radius 3 is 2.33 bits per heavy atom. The first kappa shape index (κ1) is 13.4. The predicted molar refractivity (Wildman–Crippen MR) is 60.9 cm³/mol. The molecule has 0 N–H and O–H groups in total. The van der Waals surface area contributed by atoms with Gasteiger partial charge in [0.1, 0.15) is 0 Å². The Hall–Kier alpha value is 1.42. The van der Waals surface area contributed by atoms with E-state index in [1.165, 1.54) is 23.8 Å². The number of ether oxygens (including phenoxy) is 2. The Labute approximate surface area is 94.9 Å². The van der Waals surface area contributed by atoms with Gasteiger partial charge in [0.15, 0.2) is 6.29 Å². The number of unbranched alkanes of at least 4 members (excludes halogenated alkanes) is 2. The van der Waals surface area contributed by atoms with Crippen molar-refractivity contribution >= 4 is 35.3 Å². The molecule has 4 heteroatoms. The maximum atomic E-state index is 5.09. The fourth-order valence-electron chi connectivity index (χ4n) is 1.09. The number of hydrogen-bond acceptors (Lipinski definition) is 2. The van der Waals surface area contributed by atoms with Crippen LogP contribution in [0.15, 0.2) is 0 Å². The summed E-state index contributed by atoms with van der Waals surface area (Å²) in [5.74, 6) is 0. The minimum atomic E-state index is 0.0156. The first-order chi connectivity index (χ1) is 5.85. The van der Waals surface area contributed by atoms with Crippen LogP contribution in [0.5, 0.6) is 0 Å². The number of rotatable bonds is 8. The van der Waals surface area contributed by atoms with Gasteiger partial charge in [0.05, 0.1) is 0 Å². The van der Waals surface area contributed by atoms with Crippen LogP contribution in [-0.4, -0.2) is 37.0 Å². The lowest BCUT2D eigenvalue weighted by Crippen LogP contribution is -2.12. The molecule has 0 saturated heterocycles. The van der Waals surface area contributed by atoms with Crippen LogP contribution in [0.25, 0.3) is 0 Å². The molecule has 0 aromatic carbocycles. The van der Waals surface area contributed by atoms with Crippen LogP contribution < -0.4 is 0 Å². The molecule has 0 spiro atoms. The minimum Gasteiger partial charge on any atom is -0.356 e. The molecule has 0 unspecified atom stereocenters. The molecule has 0 amide bonds. The molecular formula is C8H17IMgO2. The fourth-order valence-corrected chi connectivity index (χ4v) is 3.25. The van der Waals surface area contributed by atoms with Crippen LogP contribution >= 0.6 is 18.9 Å². The number of halogens is 1. The standard InChI is InChI=1S/C8H17O2.HI.Mg/c1-4-5-6-7-8(9-2)10-3;;/h8H,1,4-7H2,2-3H3;1H;/q;;+1/p-1. The summed E-state index contributed by atoms with van der Waals surface area (Å²) in [7, 11) is 3.40. The van der Waals surface area contributed by atoms with Crippen molar-refractivity contribution in [3.63, 3.8) is 0 Å². The van der Waals surface area contributed by atoms with Gasteiger partial charge in [-0.25, -0.2) is 0 Å². The highest BCUT2D eigenvalue weighted by molar-refractivity contribution is 14.1. The summed E-state index contributed by atoms with van der Waals surface area (Å²) in [4.78, 5) is 0. The smallest absolute Gasteiger partial charge is 0.356 e. The first-order valence-corrected chi connectivity index (χ1v) is 10.6. The Bertz CT molecular complexity index is 89.1. The van der Waals surface area contributed by atoms with Gasteiger partial charge >= 0.3 is 16.5 Å². The largest absolute Gasteiger partial charge is 0.463 e. The van der Waals surface area contributed by atoms with E-state index in [4.69, 9.17) is 9.47 Å². The van der Waals surface area contributed by atoms with E-state index < -0.39 is 0 Å². The van der Waals surface area contributed by atoms with E-state index >= 15 is 0 Å². The Morgan fingerprint density at radius 1 is 1.17 bits per heavy atom. The van der Waals surface area contributed by atoms with Gasteiger partial charge in [-0.3, -0.25) is 0 Å². The van der Waals surface area contributed by atoms with Gasteiger partial charge in [0.2, 0.25) is 0 Å². The number of hydrogen-bond donors (Lipinski definition) is 0. The zero-order chi connectivity index (χ0) is 9.23.